The number of aromatic hydroxyl groups is 1. The number of aryl methyl sites for hydroxylation is 8. The van der Waals surface area contributed by atoms with E-state index in [0.717, 1.165) is 50.4 Å². The number of hydrogen-bond acceptors (Lipinski definition) is 24. The fraction of sp³-hybridized carbons (Fsp3) is 0.355. The van der Waals surface area contributed by atoms with E-state index in [2.05, 4.69) is 0 Å². The number of aliphatic carboxylic acids is 5. The second kappa shape index (κ2) is 51.2. The first-order valence-electron chi connectivity index (χ1n) is 32.0. The summed E-state index contributed by atoms with van der Waals surface area (Å²) in [6, 6.07) is 32.5. The molecule has 0 spiro atoms. The monoisotopic (exact) mass is 1610 g/mol. The SMILES string of the molecule is COc1c(C)cc(C[C@@H](O)C(=O)[O-])cc1C.Cc1cc(C[C@@H](O)C(=O)[O-])cc(C(F)(F)F)c1OC(=O)OC(C)(C)C.Cc1cc(C[C@@H](O)C(=O)[O-])cc(C(F)(F)F)c1OC(=O)OCc1ccccc1.Cc1cc(C[C@@H](O)C(=O)[O-])cc(C)c1O.Cc1cc(C[C@@H](O)C(=O)[O-])cc(C)c1OCc1ccccc1.[Na+].[Na+].[Na+].[Na+].[Na+]. The van der Waals surface area contributed by atoms with E-state index >= 15 is 0 Å². The molecule has 0 aromatic heterocycles. The number of rotatable bonds is 23. The molecule has 0 aliphatic rings. The minimum Gasteiger partial charge on any atom is -0.547 e. The van der Waals surface area contributed by atoms with Gasteiger partial charge in [-0.05, 0) is 172 Å². The van der Waals surface area contributed by atoms with Crippen molar-refractivity contribution >= 4 is 42.2 Å². The molecule has 7 aromatic carbocycles. The third kappa shape index (κ3) is 38.9. The van der Waals surface area contributed by atoms with E-state index in [4.69, 9.17) is 33.5 Å². The van der Waals surface area contributed by atoms with Gasteiger partial charge in [0.15, 0.2) is 0 Å². The van der Waals surface area contributed by atoms with Gasteiger partial charge in [0.05, 0.1) is 78.6 Å². The topological polar surface area (TPSA) is 412 Å². The smallest absolute Gasteiger partial charge is 0.547 e. The Morgan fingerprint density at radius 3 is 0.892 bits per heavy atom. The molecule has 6 N–H and O–H groups in total. The number of methoxy groups -OCH3 is 1. The normalized spacial score (nSPS) is 11.9. The zero-order valence-corrected chi connectivity index (χ0v) is 74.7. The molecule has 5 atom stereocenters. The van der Waals surface area contributed by atoms with Crippen LogP contribution in [-0.4, -0.2) is 116 Å². The molecule has 111 heavy (non-hydrogen) atoms. The van der Waals surface area contributed by atoms with Crippen molar-refractivity contribution in [2.75, 3.05) is 7.11 Å². The maximum Gasteiger partial charge on any atom is 1.00 e. The molecule has 0 amide bonds. The first-order chi connectivity index (χ1) is 49.1. The zero-order chi connectivity index (χ0) is 80.5. The molecule has 0 aliphatic heterocycles. The second-order valence-corrected chi connectivity index (χ2v) is 25.1. The number of halogens is 6. The molecule has 0 bridgehead atoms. The number of carbonyl (C=O) groups is 7. The molecule has 0 fully saturated rings. The van der Waals surface area contributed by atoms with Gasteiger partial charge in [-0.25, -0.2) is 9.59 Å². The standard InChI is InChI=1S/C19H17F3O6.C18H20O4.C16H19F3O6.C12H16O4.C11H14O4.5Na/c1-11-7-13(9-15(23)17(24)25)8-14(19(20,21)22)16(11)28-18(26)27-10-12-5-3-2-4-6-12;1-12-8-15(10-16(19)18(20)21)9-13(2)17(12)22-11-14-6-4-3-5-7-14;1-8-5-9(7-11(20)13(21)22)6-10(16(17,18)19)12(8)24-14(23)25-15(2,3)4;1-7-4-9(6-10(13)12(14)15)5-8(2)11(7)16-3;1-6-3-8(4-7(2)10(6)13)5-9(12)11(14)15;;;;;/h2-8,15,23H,9-10H2,1H3,(H,24,25);3-9,16,19H,10-11H2,1-2H3,(H,20,21);5-6,11,20H,7H2,1-4H3,(H,21,22);4-5,10,13H,6H2,1-3H3,(H,14,15);3-4,9,12-13H,5H2,1-2H3,(H,14,15);;;;;/q;;;;;5*+1/p-5/t15-;16-;11-;10-;9-;;;;;/m11111...../s1. The Morgan fingerprint density at radius 2 is 0.622 bits per heavy atom. The van der Waals surface area contributed by atoms with Crippen LogP contribution in [0.2, 0.25) is 0 Å². The van der Waals surface area contributed by atoms with Crippen LogP contribution in [0.25, 0.3) is 0 Å². The van der Waals surface area contributed by atoms with E-state index in [9.17, 15) is 111 Å². The molecule has 24 nitrogen and oxygen atoms in total. The van der Waals surface area contributed by atoms with Gasteiger partial charge in [-0.15, -0.1) is 0 Å². The minimum absolute atomic E-state index is 0. The Balaban J connectivity index is -0.00000132. The van der Waals surface area contributed by atoms with Crippen molar-refractivity contribution in [2.24, 2.45) is 0 Å². The van der Waals surface area contributed by atoms with Gasteiger partial charge in [0.2, 0.25) is 0 Å². The maximum absolute atomic E-state index is 13.4. The van der Waals surface area contributed by atoms with Crippen molar-refractivity contribution in [3.63, 3.8) is 0 Å². The van der Waals surface area contributed by atoms with Gasteiger partial charge in [0.1, 0.15) is 47.6 Å². The van der Waals surface area contributed by atoms with Crippen LogP contribution in [-0.2, 0) is 91.1 Å². The molecule has 7 rings (SSSR count). The Kier molecular flexibility index (Phi) is 50.5. The number of ether oxygens (including phenoxy) is 6. The Bertz CT molecular complexity index is 4110. The van der Waals surface area contributed by atoms with Gasteiger partial charge in [-0.2, -0.15) is 26.3 Å². The average Bonchev–Trinajstić information content (AvgIpc) is 0.798. The van der Waals surface area contributed by atoms with E-state index in [1.165, 1.54) is 46.8 Å². The second-order valence-electron chi connectivity index (χ2n) is 25.1. The van der Waals surface area contributed by atoms with Crippen LogP contribution in [0.3, 0.4) is 0 Å². The predicted molar refractivity (Wildman–Crippen MR) is 357 cm³/mol. The van der Waals surface area contributed by atoms with Crippen molar-refractivity contribution in [3.8, 4) is 28.7 Å². The summed E-state index contributed by atoms with van der Waals surface area (Å²) >= 11 is 0. The number of hydrogen-bond donors (Lipinski definition) is 6. The van der Waals surface area contributed by atoms with Crippen molar-refractivity contribution in [1.29, 1.82) is 0 Å². The van der Waals surface area contributed by atoms with Gasteiger partial charge in [-0.1, -0.05) is 109 Å². The molecule has 0 saturated carbocycles. The summed E-state index contributed by atoms with van der Waals surface area (Å²) in [7, 11) is 1.59. The van der Waals surface area contributed by atoms with Gasteiger partial charge >= 0.3 is 172 Å². The Labute approximate surface area is 748 Å². The molecule has 0 saturated heterocycles. The molecule has 0 aliphatic carbocycles. The molecule has 7 aromatic rings. The molecule has 576 valence electrons. The Hall–Kier alpha value is -5.79. The van der Waals surface area contributed by atoms with E-state index in [1.807, 2.05) is 70.2 Å². The summed E-state index contributed by atoms with van der Waals surface area (Å²) in [6.07, 6.45) is -21.9. The number of carboxylic acids is 5. The summed E-state index contributed by atoms with van der Waals surface area (Å²) < 4.78 is 110. The largest absolute Gasteiger partial charge is 1.00 e. The summed E-state index contributed by atoms with van der Waals surface area (Å²) in [5, 5.41) is 108. The van der Waals surface area contributed by atoms with Crippen molar-refractivity contribution in [3.05, 3.63) is 216 Å². The number of aliphatic hydroxyl groups excluding tert-OH is 5. The van der Waals surface area contributed by atoms with Crippen LogP contribution < -0.4 is 192 Å². The summed E-state index contributed by atoms with van der Waals surface area (Å²) in [5.41, 5.74) is 5.00. The van der Waals surface area contributed by atoms with E-state index in [0.29, 0.717) is 41.0 Å². The number of phenols is 1. The Morgan fingerprint density at radius 1 is 0.369 bits per heavy atom. The molecule has 0 unspecified atom stereocenters. The molecular formula is C76H81F6Na5O24. The van der Waals surface area contributed by atoms with Crippen LogP contribution in [0.1, 0.15) is 115 Å². The van der Waals surface area contributed by atoms with Crippen molar-refractivity contribution in [2.45, 2.75) is 170 Å². The molecule has 0 heterocycles. The number of alkyl halides is 6. The van der Waals surface area contributed by atoms with Crippen LogP contribution in [0.4, 0.5) is 35.9 Å². The van der Waals surface area contributed by atoms with Gasteiger partial charge in [0.25, 0.3) is 0 Å². The van der Waals surface area contributed by atoms with Gasteiger partial charge < -0.3 is 109 Å². The molecule has 0 radical (unpaired) electrons. The summed E-state index contributed by atoms with van der Waals surface area (Å²) in [5.74, 6) is -7.74. The van der Waals surface area contributed by atoms with Crippen LogP contribution in [0.5, 0.6) is 28.7 Å². The van der Waals surface area contributed by atoms with E-state index in [1.54, 1.807) is 75.6 Å². The summed E-state index contributed by atoms with van der Waals surface area (Å²) in [6.45, 7) is 18.4. The zero-order valence-electron chi connectivity index (χ0n) is 64.7. The van der Waals surface area contributed by atoms with Gasteiger partial charge in [-0.3, -0.25) is 0 Å². The van der Waals surface area contributed by atoms with Crippen LogP contribution in [0, 0.1) is 55.4 Å². The molecule has 35 heteroatoms. The fourth-order valence-corrected chi connectivity index (χ4v) is 10.1. The summed E-state index contributed by atoms with van der Waals surface area (Å²) in [4.78, 5) is 76.0. The van der Waals surface area contributed by atoms with E-state index < -0.39 is 126 Å². The number of carbonyl (C=O) groups excluding carboxylic acids is 7. The van der Waals surface area contributed by atoms with Crippen molar-refractivity contribution in [1.82, 2.24) is 0 Å². The first kappa shape index (κ1) is 109. The van der Waals surface area contributed by atoms with Crippen LogP contribution >= 0.6 is 0 Å². The van der Waals surface area contributed by atoms with Crippen LogP contribution in [0.15, 0.2) is 121 Å². The quantitative estimate of drug-likeness (QED) is 0.0150. The van der Waals surface area contributed by atoms with Crippen molar-refractivity contribution < 1.29 is 292 Å². The number of aliphatic hydroxyl groups is 5. The minimum atomic E-state index is -4.89. The first-order valence-corrected chi connectivity index (χ1v) is 32.0. The fourth-order valence-electron chi connectivity index (χ4n) is 10.1. The number of phenolic OH excluding ortho intramolecular Hbond substituents is 1. The third-order valence-corrected chi connectivity index (χ3v) is 14.8. The molecular weight excluding hydrogens is 1530 g/mol. The average molecular weight is 1610 g/mol. The number of carboxylic acid groups (broad SMARTS) is 5. The number of benzene rings is 7. The third-order valence-electron chi connectivity index (χ3n) is 14.8. The van der Waals surface area contributed by atoms with E-state index in [-0.39, 0.29) is 202 Å². The predicted octanol–water partition coefficient (Wildman–Crippen LogP) is -9.45. The van der Waals surface area contributed by atoms with Gasteiger partial charge in [0, 0.05) is 32.1 Å². The maximum atomic E-state index is 13.4.